The predicted octanol–water partition coefficient (Wildman–Crippen LogP) is 5.46. The number of benzene rings is 3. The summed E-state index contributed by atoms with van der Waals surface area (Å²) in [6, 6.07) is 20.5. The molecule has 0 saturated heterocycles. The summed E-state index contributed by atoms with van der Waals surface area (Å²) in [6.45, 7) is 0.379. The minimum absolute atomic E-state index is 0.0881. The fourth-order valence-electron chi connectivity index (χ4n) is 2.99. The van der Waals surface area contributed by atoms with Gasteiger partial charge in [-0.3, -0.25) is 9.59 Å². The van der Waals surface area contributed by atoms with Crippen molar-refractivity contribution in [1.82, 2.24) is 0 Å². The lowest BCUT2D eigenvalue weighted by Crippen LogP contribution is -2.30. The standard InChI is InChI=1S/C21H14ClNO2S/c22-16-5-3-4-14(10-16)12-23-18-11-15(13-24)8-9-20(18)26-19-7-2-1-6-17(19)21(23)25/h1-11,13H,12H2. The van der Waals surface area contributed by atoms with E-state index in [9.17, 15) is 9.59 Å². The second-order valence-electron chi connectivity index (χ2n) is 5.96. The van der Waals surface area contributed by atoms with Crippen LogP contribution in [0.15, 0.2) is 76.5 Å². The maximum Gasteiger partial charge on any atom is 0.259 e. The van der Waals surface area contributed by atoms with E-state index in [1.54, 1.807) is 23.1 Å². The number of aldehydes is 1. The molecule has 3 nitrogen and oxygen atoms in total. The number of carbonyl (C=O) groups is 2. The summed E-state index contributed by atoms with van der Waals surface area (Å²) in [4.78, 5) is 28.1. The molecule has 3 aromatic carbocycles. The number of hydrogen-bond acceptors (Lipinski definition) is 3. The lowest BCUT2D eigenvalue weighted by Gasteiger charge is -2.23. The molecule has 5 heteroatoms. The van der Waals surface area contributed by atoms with Crippen molar-refractivity contribution in [3.63, 3.8) is 0 Å². The number of halogens is 1. The van der Waals surface area contributed by atoms with Gasteiger partial charge in [0.15, 0.2) is 0 Å². The van der Waals surface area contributed by atoms with Gasteiger partial charge in [0.25, 0.3) is 5.91 Å². The molecular formula is C21H14ClNO2S. The summed E-state index contributed by atoms with van der Waals surface area (Å²) in [5, 5.41) is 0.626. The van der Waals surface area contributed by atoms with Crippen LogP contribution >= 0.6 is 23.4 Å². The van der Waals surface area contributed by atoms with Crippen LogP contribution in [0.2, 0.25) is 5.02 Å². The molecule has 1 aliphatic heterocycles. The number of amides is 1. The Labute approximate surface area is 160 Å². The molecule has 0 spiro atoms. The SMILES string of the molecule is O=Cc1ccc2c(c1)N(Cc1cccc(Cl)c1)C(=O)c1ccccc1S2. The Morgan fingerprint density at radius 3 is 2.62 bits per heavy atom. The van der Waals surface area contributed by atoms with Gasteiger partial charge in [0, 0.05) is 20.4 Å². The first kappa shape index (κ1) is 16.9. The fourth-order valence-corrected chi connectivity index (χ4v) is 4.26. The van der Waals surface area contributed by atoms with E-state index in [0.29, 0.717) is 22.7 Å². The Hall–Kier alpha value is -2.56. The van der Waals surface area contributed by atoms with Gasteiger partial charge in [-0.05, 0) is 42.0 Å². The molecule has 0 unspecified atom stereocenters. The molecule has 0 bridgehead atoms. The molecule has 0 aliphatic carbocycles. The highest BCUT2D eigenvalue weighted by Crippen LogP contribution is 2.42. The van der Waals surface area contributed by atoms with Gasteiger partial charge in [-0.15, -0.1) is 0 Å². The van der Waals surface area contributed by atoms with E-state index in [0.717, 1.165) is 27.3 Å². The van der Waals surface area contributed by atoms with E-state index < -0.39 is 0 Å². The maximum atomic E-state index is 13.3. The van der Waals surface area contributed by atoms with Crippen LogP contribution in [-0.4, -0.2) is 12.2 Å². The highest BCUT2D eigenvalue weighted by molar-refractivity contribution is 7.99. The maximum absolute atomic E-state index is 13.3. The van der Waals surface area contributed by atoms with E-state index >= 15 is 0 Å². The molecule has 0 radical (unpaired) electrons. The van der Waals surface area contributed by atoms with Crippen LogP contribution in [0.25, 0.3) is 0 Å². The summed E-state index contributed by atoms with van der Waals surface area (Å²) in [7, 11) is 0. The minimum atomic E-state index is -0.0881. The van der Waals surface area contributed by atoms with Crippen molar-refractivity contribution in [1.29, 1.82) is 0 Å². The largest absolute Gasteiger partial charge is 0.303 e. The van der Waals surface area contributed by atoms with Crippen molar-refractivity contribution in [2.45, 2.75) is 16.3 Å². The normalized spacial score (nSPS) is 13.0. The first-order valence-corrected chi connectivity index (χ1v) is 9.27. The molecule has 0 aromatic heterocycles. The second-order valence-corrected chi connectivity index (χ2v) is 7.48. The van der Waals surface area contributed by atoms with Gasteiger partial charge in [-0.1, -0.05) is 53.7 Å². The van der Waals surface area contributed by atoms with E-state index in [1.807, 2.05) is 48.5 Å². The average molecular weight is 380 g/mol. The zero-order valence-electron chi connectivity index (χ0n) is 13.7. The van der Waals surface area contributed by atoms with Crippen LogP contribution in [0, 0.1) is 0 Å². The third-order valence-electron chi connectivity index (χ3n) is 4.22. The second kappa shape index (κ2) is 6.98. The lowest BCUT2D eigenvalue weighted by atomic mass is 10.1. The van der Waals surface area contributed by atoms with Crippen molar-refractivity contribution < 1.29 is 9.59 Å². The smallest absolute Gasteiger partial charge is 0.259 e. The number of hydrogen-bond donors (Lipinski definition) is 0. The Balaban J connectivity index is 1.87. The summed E-state index contributed by atoms with van der Waals surface area (Å²) in [5.74, 6) is -0.0881. The average Bonchev–Trinajstić information content (AvgIpc) is 2.77. The van der Waals surface area contributed by atoms with Gasteiger partial charge in [-0.25, -0.2) is 0 Å². The Morgan fingerprint density at radius 2 is 1.81 bits per heavy atom. The van der Waals surface area contributed by atoms with Gasteiger partial charge < -0.3 is 4.90 Å². The van der Waals surface area contributed by atoms with Crippen LogP contribution in [0.5, 0.6) is 0 Å². The highest BCUT2D eigenvalue weighted by atomic mass is 35.5. The first-order chi connectivity index (χ1) is 12.7. The minimum Gasteiger partial charge on any atom is -0.303 e. The fraction of sp³-hybridized carbons (Fsp3) is 0.0476. The van der Waals surface area contributed by atoms with Crippen LogP contribution in [0.4, 0.5) is 5.69 Å². The molecule has 0 N–H and O–H groups in total. The van der Waals surface area contributed by atoms with Crippen molar-refractivity contribution >= 4 is 41.2 Å². The highest BCUT2D eigenvalue weighted by Gasteiger charge is 2.27. The van der Waals surface area contributed by atoms with Crippen molar-refractivity contribution in [2.24, 2.45) is 0 Å². The van der Waals surface area contributed by atoms with Crippen LogP contribution in [0.3, 0.4) is 0 Å². The number of rotatable bonds is 3. The molecule has 4 rings (SSSR count). The van der Waals surface area contributed by atoms with Gasteiger partial charge >= 0.3 is 0 Å². The third-order valence-corrected chi connectivity index (χ3v) is 5.60. The zero-order chi connectivity index (χ0) is 18.1. The first-order valence-electron chi connectivity index (χ1n) is 8.08. The molecule has 3 aromatic rings. The lowest BCUT2D eigenvalue weighted by molar-refractivity contribution is 0.0981. The molecule has 0 atom stereocenters. The van der Waals surface area contributed by atoms with Crippen LogP contribution in [0.1, 0.15) is 26.3 Å². The van der Waals surface area contributed by atoms with E-state index in [1.165, 1.54) is 11.8 Å². The summed E-state index contributed by atoms with van der Waals surface area (Å²) >= 11 is 7.65. The summed E-state index contributed by atoms with van der Waals surface area (Å²) in [5.41, 5.74) is 2.86. The number of fused-ring (bicyclic) bond motifs is 2. The van der Waals surface area contributed by atoms with Gasteiger partial charge in [0.1, 0.15) is 6.29 Å². The molecule has 0 fully saturated rings. The molecule has 128 valence electrons. The van der Waals surface area contributed by atoms with Crippen LogP contribution < -0.4 is 4.90 Å². The Morgan fingerprint density at radius 1 is 0.962 bits per heavy atom. The molecular weight excluding hydrogens is 366 g/mol. The van der Waals surface area contributed by atoms with E-state index in [2.05, 4.69) is 0 Å². The monoisotopic (exact) mass is 379 g/mol. The Bertz CT molecular complexity index is 1020. The predicted molar refractivity (Wildman–Crippen MR) is 104 cm³/mol. The molecule has 1 amide bonds. The molecule has 1 heterocycles. The quantitative estimate of drug-likeness (QED) is 0.567. The molecule has 26 heavy (non-hydrogen) atoms. The van der Waals surface area contributed by atoms with E-state index in [-0.39, 0.29) is 5.91 Å². The van der Waals surface area contributed by atoms with Crippen molar-refractivity contribution in [3.8, 4) is 0 Å². The van der Waals surface area contributed by atoms with Crippen LogP contribution in [-0.2, 0) is 6.54 Å². The number of anilines is 1. The molecule has 1 aliphatic rings. The number of nitrogens with zero attached hydrogens (tertiary/aromatic N) is 1. The summed E-state index contributed by atoms with van der Waals surface area (Å²) < 4.78 is 0. The zero-order valence-corrected chi connectivity index (χ0v) is 15.3. The van der Waals surface area contributed by atoms with Crippen molar-refractivity contribution in [3.05, 3.63) is 88.4 Å². The topological polar surface area (TPSA) is 37.4 Å². The van der Waals surface area contributed by atoms with Gasteiger partial charge in [-0.2, -0.15) is 0 Å². The Kier molecular flexibility index (Phi) is 4.53. The van der Waals surface area contributed by atoms with Crippen molar-refractivity contribution in [2.75, 3.05) is 4.90 Å². The van der Waals surface area contributed by atoms with Gasteiger partial charge in [0.05, 0.1) is 17.8 Å². The van der Waals surface area contributed by atoms with E-state index in [4.69, 9.17) is 11.6 Å². The van der Waals surface area contributed by atoms with Gasteiger partial charge in [0.2, 0.25) is 0 Å². The number of carbonyl (C=O) groups excluding carboxylic acids is 2. The summed E-state index contributed by atoms with van der Waals surface area (Å²) in [6.07, 6.45) is 0.797. The molecule has 0 saturated carbocycles. The third kappa shape index (κ3) is 3.14.